The van der Waals surface area contributed by atoms with Crippen LogP contribution in [0.25, 0.3) is 5.57 Å². The Kier molecular flexibility index (Phi) is 11.1. The van der Waals surface area contributed by atoms with Gasteiger partial charge in [-0.1, -0.05) is 192 Å². The van der Waals surface area contributed by atoms with Gasteiger partial charge in [-0.05, 0) is 142 Å². The molecule has 3 aromatic carbocycles. The van der Waals surface area contributed by atoms with Gasteiger partial charge in [-0.3, -0.25) is 0 Å². The number of hydrogen-bond donors (Lipinski definition) is 0. The summed E-state index contributed by atoms with van der Waals surface area (Å²) in [7, 11) is 0. The highest BCUT2D eigenvalue weighted by molar-refractivity contribution is 6.89. The number of nitrogens with zero attached hydrogens (tertiary/aromatic N) is 2. The molecule has 65 heavy (non-hydrogen) atoms. The summed E-state index contributed by atoms with van der Waals surface area (Å²) in [5.41, 5.74) is 22.9. The number of fused-ring (bicyclic) bond motifs is 3. The first-order chi connectivity index (χ1) is 30.4. The second-order valence-electron chi connectivity index (χ2n) is 24.9. The van der Waals surface area contributed by atoms with Crippen LogP contribution in [0.5, 0.6) is 0 Å². The third-order valence-corrected chi connectivity index (χ3v) is 16.3. The first-order valence-corrected chi connectivity index (χ1v) is 25.0. The van der Waals surface area contributed by atoms with Crippen LogP contribution in [0, 0.1) is 41.4 Å². The first-order valence-electron chi connectivity index (χ1n) is 25.0. The van der Waals surface area contributed by atoms with Crippen molar-refractivity contribution in [2.75, 3.05) is 9.80 Å². The molecule has 338 valence electrons. The maximum Gasteiger partial charge on any atom is 0.247 e. The fourth-order valence-electron chi connectivity index (χ4n) is 12.2. The summed E-state index contributed by atoms with van der Waals surface area (Å²) < 4.78 is 0. The summed E-state index contributed by atoms with van der Waals surface area (Å²) in [6.07, 6.45) is 23.1. The molecule has 4 unspecified atom stereocenters. The van der Waals surface area contributed by atoms with Crippen LogP contribution in [-0.4, -0.2) is 6.71 Å². The zero-order valence-corrected chi connectivity index (χ0v) is 42.9. The van der Waals surface area contributed by atoms with Crippen LogP contribution in [-0.2, 0) is 10.8 Å². The van der Waals surface area contributed by atoms with Gasteiger partial charge in [0.05, 0.1) is 5.69 Å². The molecule has 0 N–H and O–H groups in total. The zero-order chi connectivity index (χ0) is 46.7. The van der Waals surface area contributed by atoms with Gasteiger partial charge in [0.25, 0.3) is 0 Å². The van der Waals surface area contributed by atoms with Gasteiger partial charge in [0.2, 0.25) is 6.71 Å². The van der Waals surface area contributed by atoms with E-state index in [1.165, 1.54) is 84.1 Å². The molecule has 6 aliphatic rings. The van der Waals surface area contributed by atoms with Crippen LogP contribution in [0.3, 0.4) is 0 Å². The molecule has 2 aliphatic heterocycles. The predicted molar refractivity (Wildman–Crippen MR) is 283 cm³/mol. The second kappa shape index (κ2) is 16.0. The largest absolute Gasteiger partial charge is 0.318 e. The summed E-state index contributed by atoms with van der Waals surface area (Å²) in [6, 6.07) is 24.5. The minimum absolute atomic E-state index is 0.00351. The van der Waals surface area contributed by atoms with E-state index in [9.17, 15) is 0 Å². The van der Waals surface area contributed by atoms with Crippen LogP contribution < -0.4 is 15.3 Å². The van der Waals surface area contributed by atoms with E-state index < -0.39 is 0 Å². The zero-order valence-electron chi connectivity index (χ0n) is 42.9. The van der Waals surface area contributed by atoms with E-state index in [4.69, 9.17) is 0 Å². The van der Waals surface area contributed by atoms with E-state index >= 15 is 0 Å². The van der Waals surface area contributed by atoms with Gasteiger partial charge in [-0.15, -0.1) is 0 Å². The lowest BCUT2D eigenvalue weighted by Crippen LogP contribution is -2.55. The number of anilines is 2. The topological polar surface area (TPSA) is 6.48 Å². The lowest BCUT2D eigenvalue weighted by molar-refractivity contribution is 0.240. The Morgan fingerprint density at radius 2 is 1.32 bits per heavy atom. The van der Waals surface area contributed by atoms with E-state index in [2.05, 4.69) is 230 Å². The molecule has 2 nitrogen and oxygen atoms in total. The van der Waals surface area contributed by atoms with Crippen LogP contribution in [0.4, 0.5) is 11.4 Å². The Morgan fingerprint density at radius 1 is 0.646 bits per heavy atom. The fraction of sp³-hybridized carbons (Fsp3) is 0.452. The second-order valence-corrected chi connectivity index (χ2v) is 24.9. The smallest absolute Gasteiger partial charge is 0.247 e. The maximum absolute atomic E-state index is 2.78. The normalized spacial score (nSPS) is 24.6. The van der Waals surface area contributed by atoms with Crippen LogP contribution in [0.15, 0.2) is 149 Å². The standard InChI is InChI=1S/C62H77BN2/c1-38-20-32-50(47(36-38)42-22-26-44(27-23-42)59(5,6)7)64-53-18-17-19-54-58(53)63(57-41(4)48(62(14,15)16)31-35-55(57)64)49-37-46(61(11,12)13)30-34-51(49)65(54)52-33-21-39(2)40(3)56(52)43-24-28-45(29-25-43)60(8,9)10/h18,20-26,28-37,40-41,44,48,56H,17,19,27H2,1-16H3/t40?,41?,44?,48-,56?/m1/s1. The summed E-state index contributed by atoms with van der Waals surface area (Å²) in [5.74, 6) is 1.83. The van der Waals surface area contributed by atoms with Crippen molar-refractivity contribution in [3.8, 4) is 0 Å². The highest BCUT2D eigenvalue weighted by Crippen LogP contribution is 2.55. The molecule has 5 atom stereocenters. The molecule has 0 saturated carbocycles. The number of allylic oxidation sites excluding steroid dienone is 14. The number of hydrogen-bond acceptors (Lipinski definition) is 2. The fourth-order valence-corrected chi connectivity index (χ4v) is 12.2. The SMILES string of the molecule is CC1=CC=C(N2C3=C4B(C5=C(C=C[C@@H](C(C)(C)C)C5C)N(c5ccc(C)cc5C5=CCC(C(C)(C)C)C=C5)C4=CCC3)c3cc(C(C)(C)C)ccc32)C(c2ccc(C(C)(C)C)cc2)C1C. The summed E-state index contributed by atoms with van der Waals surface area (Å²) >= 11 is 0. The van der Waals surface area contributed by atoms with E-state index in [1.54, 1.807) is 5.47 Å². The van der Waals surface area contributed by atoms with Crippen molar-refractivity contribution in [2.24, 2.45) is 34.5 Å². The van der Waals surface area contributed by atoms with Gasteiger partial charge in [0.1, 0.15) is 0 Å². The minimum atomic E-state index is 0.00351. The molecule has 2 heterocycles. The van der Waals surface area contributed by atoms with Gasteiger partial charge in [0, 0.05) is 40.0 Å². The molecule has 3 aromatic rings. The average Bonchev–Trinajstić information content (AvgIpc) is 3.23. The first kappa shape index (κ1) is 45.4. The molecule has 0 spiro atoms. The molecule has 9 rings (SSSR count). The Labute approximate surface area is 394 Å². The number of aryl methyl sites for hydroxylation is 1. The van der Waals surface area contributed by atoms with Crippen molar-refractivity contribution < 1.29 is 0 Å². The highest BCUT2D eigenvalue weighted by Gasteiger charge is 2.52. The van der Waals surface area contributed by atoms with Crippen molar-refractivity contribution in [3.63, 3.8) is 0 Å². The Bertz CT molecular complexity index is 2670. The summed E-state index contributed by atoms with van der Waals surface area (Å²) in [6.45, 7) is 38.3. The van der Waals surface area contributed by atoms with E-state index in [-0.39, 0.29) is 34.3 Å². The highest BCUT2D eigenvalue weighted by atomic mass is 15.2. The predicted octanol–water partition coefficient (Wildman–Crippen LogP) is 16.0. The monoisotopic (exact) mass is 861 g/mol. The van der Waals surface area contributed by atoms with Crippen molar-refractivity contribution >= 4 is 29.1 Å². The third kappa shape index (κ3) is 7.85. The lowest BCUT2D eigenvalue weighted by atomic mass is 9.29. The maximum atomic E-state index is 2.78. The molecule has 0 saturated heterocycles. The molecule has 0 fully saturated rings. The average molecular weight is 861 g/mol. The Hall–Kier alpha value is -4.76. The Balaban J connectivity index is 1.32. The summed E-state index contributed by atoms with van der Waals surface area (Å²) in [5, 5.41) is 0. The Morgan fingerprint density at radius 3 is 1.95 bits per heavy atom. The third-order valence-electron chi connectivity index (χ3n) is 16.3. The van der Waals surface area contributed by atoms with Gasteiger partial charge >= 0.3 is 0 Å². The minimum Gasteiger partial charge on any atom is -0.318 e. The quantitative estimate of drug-likeness (QED) is 0.241. The van der Waals surface area contributed by atoms with Gasteiger partial charge < -0.3 is 9.80 Å². The molecule has 0 aromatic heterocycles. The van der Waals surface area contributed by atoms with Gasteiger partial charge in [0.15, 0.2) is 0 Å². The molecule has 0 amide bonds. The molecule has 4 aliphatic carbocycles. The number of benzene rings is 3. The number of rotatable bonds is 4. The lowest BCUT2D eigenvalue weighted by Gasteiger charge is -2.53. The van der Waals surface area contributed by atoms with Crippen molar-refractivity contribution in [1.82, 2.24) is 0 Å². The van der Waals surface area contributed by atoms with Crippen LogP contribution in [0.2, 0.25) is 0 Å². The molecular formula is C62H77BN2. The molecule has 0 radical (unpaired) electrons. The summed E-state index contributed by atoms with van der Waals surface area (Å²) in [4.78, 5) is 5.51. The van der Waals surface area contributed by atoms with Gasteiger partial charge in [-0.25, -0.2) is 0 Å². The van der Waals surface area contributed by atoms with Crippen LogP contribution >= 0.6 is 0 Å². The molecular weight excluding hydrogens is 784 g/mol. The van der Waals surface area contributed by atoms with Gasteiger partial charge in [-0.2, -0.15) is 0 Å². The van der Waals surface area contributed by atoms with E-state index in [1.807, 2.05) is 0 Å². The molecule has 3 heteroatoms. The van der Waals surface area contributed by atoms with E-state index in [0.717, 1.165) is 19.3 Å². The van der Waals surface area contributed by atoms with Crippen molar-refractivity contribution in [2.45, 2.75) is 147 Å². The molecule has 0 bridgehead atoms. The van der Waals surface area contributed by atoms with Crippen molar-refractivity contribution in [3.05, 3.63) is 176 Å². The van der Waals surface area contributed by atoms with Crippen LogP contribution in [0.1, 0.15) is 157 Å². The van der Waals surface area contributed by atoms with E-state index in [0.29, 0.717) is 23.7 Å². The van der Waals surface area contributed by atoms with Crippen molar-refractivity contribution in [1.29, 1.82) is 0 Å².